The molecule has 0 aliphatic rings. The second kappa shape index (κ2) is 21.9. The first-order chi connectivity index (χ1) is 12.3. The quantitative estimate of drug-likeness (QED) is 0.185. The van der Waals surface area contributed by atoms with Gasteiger partial charge in [0.25, 0.3) is 0 Å². The van der Waals surface area contributed by atoms with Crippen LogP contribution in [0.15, 0.2) is 0 Å². The molecule has 1 N–H and O–H groups in total. The molecule has 0 saturated heterocycles. The van der Waals surface area contributed by atoms with Gasteiger partial charge in [-0.05, 0) is 32.1 Å². The van der Waals surface area contributed by atoms with E-state index in [0.29, 0.717) is 6.61 Å². The molecule has 0 aliphatic heterocycles. The number of rotatable bonds is 21. The Hall–Kier alpha value is -0.120. The minimum atomic E-state index is -0.0371. The van der Waals surface area contributed by atoms with E-state index >= 15 is 0 Å². The Morgan fingerprint density at radius 1 is 0.560 bits per heavy atom. The van der Waals surface area contributed by atoms with Crippen LogP contribution in [0.3, 0.4) is 0 Å². The summed E-state index contributed by atoms with van der Waals surface area (Å²) in [6.07, 6.45) is 19.5. The van der Waals surface area contributed by atoms with E-state index in [4.69, 9.17) is 14.6 Å². The highest BCUT2D eigenvalue weighted by atomic mass is 16.7. The molecule has 3 nitrogen and oxygen atoms in total. The predicted molar refractivity (Wildman–Crippen MR) is 108 cm³/mol. The molecule has 0 bridgehead atoms. The summed E-state index contributed by atoms with van der Waals surface area (Å²) in [5.74, 6) is 0. The minimum Gasteiger partial charge on any atom is -0.396 e. The molecule has 0 aromatic carbocycles. The van der Waals surface area contributed by atoms with Crippen LogP contribution < -0.4 is 0 Å². The average molecular weight is 359 g/mol. The van der Waals surface area contributed by atoms with E-state index in [0.717, 1.165) is 51.7 Å². The Kier molecular flexibility index (Phi) is 21.8. The molecule has 3 heteroatoms. The Bertz CT molecular complexity index is 215. The third-order valence-corrected chi connectivity index (χ3v) is 4.70. The van der Waals surface area contributed by atoms with Crippen LogP contribution in [0.2, 0.25) is 0 Å². The van der Waals surface area contributed by atoms with Crippen molar-refractivity contribution in [2.45, 2.75) is 123 Å². The smallest absolute Gasteiger partial charge is 0.157 e. The zero-order valence-corrected chi connectivity index (χ0v) is 17.3. The van der Waals surface area contributed by atoms with Crippen molar-refractivity contribution in [1.29, 1.82) is 0 Å². The van der Waals surface area contributed by atoms with E-state index in [9.17, 15) is 0 Å². The summed E-state index contributed by atoms with van der Waals surface area (Å²) in [6, 6.07) is 0. The molecule has 0 unspecified atom stereocenters. The number of ether oxygens (including phenoxy) is 2. The number of aliphatic hydroxyl groups is 1. The largest absolute Gasteiger partial charge is 0.396 e. The van der Waals surface area contributed by atoms with Gasteiger partial charge >= 0.3 is 0 Å². The van der Waals surface area contributed by atoms with Gasteiger partial charge in [0.2, 0.25) is 0 Å². The maximum atomic E-state index is 8.89. The van der Waals surface area contributed by atoms with Crippen molar-refractivity contribution in [2.24, 2.45) is 0 Å². The summed E-state index contributed by atoms with van der Waals surface area (Å²) >= 11 is 0. The van der Waals surface area contributed by atoms with Crippen molar-refractivity contribution in [3.05, 3.63) is 0 Å². The number of hydrogen-bond donors (Lipinski definition) is 1. The summed E-state index contributed by atoms with van der Waals surface area (Å²) in [7, 11) is 0. The lowest BCUT2D eigenvalue weighted by Gasteiger charge is -2.19. The molecule has 0 aliphatic carbocycles. The summed E-state index contributed by atoms with van der Waals surface area (Å²) in [5.41, 5.74) is 0. The third-order valence-electron chi connectivity index (χ3n) is 4.70. The maximum absolute atomic E-state index is 8.89. The normalized spacial score (nSPS) is 11.5. The monoisotopic (exact) mass is 358 g/mol. The fraction of sp³-hybridized carbons (Fsp3) is 1.00. The Morgan fingerprint density at radius 3 is 1.48 bits per heavy atom. The van der Waals surface area contributed by atoms with Crippen molar-refractivity contribution >= 4 is 0 Å². The van der Waals surface area contributed by atoms with Gasteiger partial charge in [0.05, 0.1) is 0 Å². The van der Waals surface area contributed by atoms with E-state index in [-0.39, 0.29) is 6.29 Å². The van der Waals surface area contributed by atoms with Crippen LogP contribution in [0.25, 0.3) is 0 Å². The van der Waals surface area contributed by atoms with Gasteiger partial charge < -0.3 is 14.6 Å². The van der Waals surface area contributed by atoms with E-state index in [1.54, 1.807) is 0 Å². The second-order valence-electron chi connectivity index (χ2n) is 7.28. The van der Waals surface area contributed by atoms with E-state index in [1.165, 1.54) is 64.2 Å². The van der Waals surface area contributed by atoms with E-state index in [2.05, 4.69) is 13.8 Å². The molecule has 0 aromatic heterocycles. The molecule has 0 amide bonds. The summed E-state index contributed by atoms with van der Waals surface area (Å²) in [6.45, 7) is 6.46. The van der Waals surface area contributed by atoms with Crippen molar-refractivity contribution in [2.75, 3.05) is 19.8 Å². The molecule has 0 fully saturated rings. The predicted octanol–water partition coefficient (Wildman–Crippen LogP) is 6.62. The zero-order valence-electron chi connectivity index (χ0n) is 17.3. The van der Waals surface area contributed by atoms with Crippen LogP contribution in [0, 0.1) is 0 Å². The highest BCUT2D eigenvalue weighted by Crippen LogP contribution is 2.12. The third kappa shape index (κ3) is 20.0. The van der Waals surface area contributed by atoms with Crippen molar-refractivity contribution in [3.63, 3.8) is 0 Å². The van der Waals surface area contributed by atoms with Crippen LogP contribution >= 0.6 is 0 Å². The fourth-order valence-electron chi connectivity index (χ4n) is 3.01. The van der Waals surface area contributed by atoms with Gasteiger partial charge in [-0.3, -0.25) is 0 Å². The van der Waals surface area contributed by atoms with E-state index < -0.39 is 0 Å². The highest BCUT2D eigenvalue weighted by Gasteiger charge is 2.09. The topological polar surface area (TPSA) is 38.7 Å². The summed E-state index contributed by atoms with van der Waals surface area (Å²) in [4.78, 5) is 0. The maximum Gasteiger partial charge on any atom is 0.157 e. The van der Waals surface area contributed by atoms with Gasteiger partial charge in [0.15, 0.2) is 6.29 Å². The molecule has 0 aromatic rings. The Morgan fingerprint density at radius 2 is 1.00 bits per heavy atom. The molecule has 25 heavy (non-hydrogen) atoms. The highest BCUT2D eigenvalue weighted by molar-refractivity contribution is 4.51. The molecular formula is C22H46O3. The average Bonchev–Trinajstić information content (AvgIpc) is 2.63. The zero-order chi connectivity index (χ0) is 18.4. The Labute approximate surface area is 157 Å². The number of aliphatic hydroxyl groups excluding tert-OH is 1. The molecule has 152 valence electrons. The number of unbranched alkanes of at least 4 members (excludes halogenated alkanes) is 12. The summed E-state index contributed by atoms with van der Waals surface area (Å²) in [5, 5.41) is 8.89. The van der Waals surface area contributed by atoms with Crippen LogP contribution in [-0.4, -0.2) is 31.2 Å². The molecule has 0 rings (SSSR count). The van der Waals surface area contributed by atoms with Gasteiger partial charge in [-0.1, -0.05) is 84.5 Å². The van der Waals surface area contributed by atoms with Crippen LogP contribution in [0.1, 0.15) is 117 Å². The van der Waals surface area contributed by atoms with Crippen LogP contribution in [-0.2, 0) is 9.47 Å². The minimum absolute atomic E-state index is 0.0371. The lowest BCUT2D eigenvalue weighted by atomic mass is 10.1. The lowest BCUT2D eigenvalue weighted by molar-refractivity contribution is -0.148. The standard InChI is InChI=1S/C22H46O3/c1-3-5-7-9-11-16-20-24-22(18-14-13-15-19-23)25-21-17-12-10-8-6-4-2/h22-23H,3-21H2,1-2H3. The van der Waals surface area contributed by atoms with Crippen molar-refractivity contribution in [1.82, 2.24) is 0 Å². The second-order valence-corrected chi connectivity index (χ2v) is 7.28. The SMILES string of the molecule is CCCCCCCCOC(CCCCCO)OCCCCCCCC. The summed E-state index contributed by atoms with van der Waals surface area (Å²) < 4.78 is 12.0. The van der Waals surface area contributed by atoms with Gasteiger partial charge in [0.1, 0.15) is 0 Å². The lowest BCUT2D eigenvalue weighted by Crippen LogP contribution is -2.19. The van der Waals surface area contributed by atoms with E-state index in [1.807, 2.05) is 0 Å². The first kappa shape index (κ1) is 24.9. The molecule has 0 spiro atoms. The molecule has 0 saturated carbocycles. The molecule has 0 radical (unpaired) electrons. The van der Waals surface area contributed by atoms with Crippen molar-refractivity contribution < 1.29 is 14.6 Å². The van der Waals surface area contributed by atoms with Gasteiger partial charge in [-0.15, -0.1) is 0 Å². The number of hydrogen-bond acceptors (Lipinski definition) is 3. The first-order valence-corrected chi connectivity index (χ1v) is 11.2. The van der Waals surface area contributed by atoms with Crippen molar-refractivity contribution in [3.8, 4) is 0 Å². The molecule has 0 heterocycles. The fourth-order valence-corrected chi connectivity index (χ4v) is 3.01. The molecular weight excluding hydrogens is 312 g/mol. The van der Waals surface area contributed by atoms with Crippen LogP contribution in [0.5, 0.6) is 0 Å². The molecule has 0 atom stereocenters. The van der Waals surface area contributed by atoms with Gasteiger partial charge in [0, 0.05) is 19.8 Å². The first-order valence-electron chi connectivity index (χ1n) is 11.2. The Balaban J connectivity index is 3.71. The van der Waals surface area contributed by atoms with Gasteiger partial charge in [-0.25, -0.2) is 0 Å². The van der Waals surface area contributed by atoms with Crippen LogP contribution in [0.4, 0.5) is 0 Å². The van der Waals surface area contributed by atoms with Gasteiger partial charge in [-0.2, -0.15) is 0 Å².